The lowest BCUT2D eigenvalue weighted by Crippen LogP contribution is -2.32. The molecule has 1 heterocycles. The van der Waals surface area contributed by atoms with Crippen LogP contribution in [0.25, 0.3) is 0 Å². The van der Waals surface area contributed by atoms with Gasteiger partial charge < -0.3 is 14.4 Å². The molecule has 1 unspecified atom stereocenters. The van der Waals surface area contributed by atoms with E-state index in [0.717, 1.165) is 11.3 Å². The fourth-order valence-electron chi connectivity index (χ4n) is 2.88. The molecule has 0 aromatic heterocycles. The Kier molecular flexibility index (Phi) is 4.44. The molecule has 3 rings (SSSR count). The molecule has 0 radical (unpaired) electrons. The molecule has 0 saturated carbocycles. The number of esters is 1. The van der Waals surface area contributed by atoms with Gasteiger partial charge in [0.15, 0.2) is 6.04 Å². The second-order valence-corrected chi connectivity index (χ2v) is 5.82. The van der Waals surface area contributed by atoms with Crippen molar-refractivity contribution in [1.29, 1.82) is 0 Å². The summed E-state index contributed by atoms with van der Waals surface area (Å²) < 4.78 is 10.0. The lowest BCUT2D eigenvalue weighted by Gasteiger charge is -2.23. The average molecular weight is 346 g/mol. The minimum atomic E-state index is -0.793. The standard InChI is InChI=1S/C18H16ClNO4/c1-23-12-8-6-11(7-9-12)10-20-16(18(22)24-2)13-4-3-5-14(19)15(13)17(20)21/h3-9,16H,10H2,1-2H3. The largest absolute Gasteiger partial charge is 0.497 e. The minimum Gasteiger partial charge on any atom is -0.497 e. The molecule has 0 saturated heterocycles. The predicted molar refractivity (Wildman–Crippen MR) is 89.1 cm³/mol. The molecule has 6 heteroatoms. The first-order chi connectivity index (χ1) is 11.6. The van der Waals surface area contributed by atoms with Crippen molar-refractivity contribution in [1.82, 2.24) is 4.90 Å². The number of methoxy groups -OCH3 is 2. The van der Waals surface area contributed by atoms with Gasteiger partial charge in [-0.1, -0.05) is 35.9 Å². The third-order valence-electron chi connectivity index (χ3n) is 4.06. The van der Waals surface area contributed by atoms with Crippen molar-refractivity contribution in [2.24, 2.45) is 0 Å². The highest BCUT2D eigenvalue weighted by molar-refractivity contribution is 6.34. The summed E-state index contributed by atoms with van der Waals surface area (Å²) >= 11 is 6.17. The molecular formula is C18H16ClNO4. The quantitative estimate of drug-likeness (QED) is 0.798. The van der Waals surface area contributed by atoms with Gasteiger partial charge in [0.2, 0.25) is 0 Å². The van der Waals surface area contributed by atoms with Crippen LogP contribution in [0.1, 0.15) is 27.5 Å². The number of carbonyl (C=O) groups is 2. The number of benzene rings is 2. The number of fused-ring (bicyclic) bond motifs is 1. The van der Waals surface area contributed by atoms with E-state index in [1.165, 1.54) is 12.0 Å². The Morgan fingerprint density at radius 2 is 1.88 bits per heavy atom. The number of hydrogen-bond acceptors (Lipinski definition) is 4. The highest BCUT2D eigenvalue weighted by atomic mass is 35.5. The van der Waals surface area contributed by atoms with Gasteiger partial charge in [0.1, 0.15) is 5.75 Å². The molecule has 5 nitrogen and oxygen atoms in total. The van der Waals surface area contributed by atoms with Crippen LogP contribution in [0, 0.1) is 0 Å². The number of halogens is 1. The fraction of sp³-hybridized carbons (Fsp3) is 0.222. The summed E-state index contributed by atoms with van der Waals surface area (Å²) in [7, 11) is 2.89. The maximum absolute atomic E-state index is 12.8. The third kappa shape index (κ3) is 2.71. The molecule has 1 aliphatic rings. The van der Waals surface area contributed by atoms with Gasteiger partial charge in [-0.15, -0.1) is 0 Å². The fourth-order valence-corrected chi connectivity index (χ4v) is 3.14. The Balaban J connectivity index is 1.98. The SMILES string of the molecule is COC(=O)C1c2cccc(Cl)c2C(=O)N1Cc1ccc(OC)cc1. The van der Waals surface area contributed by atoms with Gasteiger partial charge in [0.05, 0.1) is 24.8 Å². The molecule has 0 spiro atoms. The first-order valence-electron chi connectivity index (χ1n) is 7.37. The van der Waals surface area contributed by atoms with E-state index in [1.807, 2.05) is 24.3 Å². The van der Waals surface area contributed by atoms with Crippen molar-refractivity contribution in [3.05, 3.63) is 64.2 Å². The number of ether oxygens (including phenoxy) is 2. The molecule has 1 atom stereocenters. The molecule has 0 aliphatic carbocycles. The number of carbonyl (C=O) groups excluding carboxylic acids is 2. The zero-order chi connectivity index (χ0) is 17.3. The monoisotopic (exact) mass is 345 g/mol. The highest BCUT2D eigenvalue weighted by Crippen LogP contribution is 2.39. The maximum Gasteiger partial charge on any atom is 0.333 e. The molecule has 2 aromatic carbocycles. The van der Waals surface area contributed by atoms with Crippen LogP contribution < -0.4 is 4.74 Å². The molecule has 24 heavy (non-hydrogen) atoms. The summed E-state index contributed by atoms with van der Waals surface area (Å²) in [4.78, 5) is 26.5. The number of nitrogens with zero attached hydrogens (tertiary/aromatic N) is 1. The molecule has 1 amide bonds. The van der Waals surface area contributed by atoms with Crippen molar-refractivity contribution >= 4 is 23.5 Å². The Bertz CT molecular complexity index is 788. The summed E-state index contributed by atoms with van der Waals surface area (Å²) in [6.45, 7) is 0.271. The molecule has 0 N–H and O–H groups in total. The molecular weight excluding hydrogens is 330 g/mol. The number of rotatable bonds is 4. The third-order valence-corrected chi connectivity index (χ3v) is 4.38. The second-order valence-electron chi connectivity index (χ2n) is 5.41. The van der Waals surface area contributed by atoms with Gasteiger partial charge in [-0.3, -0.25) is 4.79 Å². The minimum absolute atomic E-state index is 0.271. The molecule has 0 fully saturated rings. The van der Waals surface area contributed by atoms with Crippen LogP contribution in [0.2, 0.25) is 5.02 Å². The van der Waals surface area contributed by atoms with E-state index in [1.54, 1.807) is 25.3 Å². The highest BCUT2D eigenvalue weighted by Gasteiger charge is 2.42. The Morgan fingerprint density at radius 1 is 1.17 bits per heavy atom. The summed E-state index contributed by atoms with van der Waals surface area (Å²) in [6.07, 6.45) is 0. The van der Waals surface area contributed by atoms with E-state index in [-0.39, 0.29) is 12.5 Å². The first-order valence-corrected chi connectivity index (χ1v) is 7.74. The zero-order valence-corrected chi connectivity index (χ0v) is 14.0. The Morgan fingerprint density at radius 3 is 2.50 bits per heavy atom. The second kappa shape index (κ2) is 6.53. The van der Waals surface area contributed by atoms with E-state index in [0.29, 0.717) is 16.1 Å². The van der Waals surface area contributed by atoms with E-state index >= 15 is 0 Å². The van der Waals surface area contributed by atoms with Crippen LogP contribution in [0.5, 0.6) is 5.75 Å². The van der Waals surface area contributed by atoms with E-state index in [2.05, 4.69) is 0 Å². The van der Waals surface area contributed by atoms with Crippen LogP contribution in [0.3, 0.4) is 0 Å². The lowest BCUT2D eigenvalue weighted by atomic mass is 10.0. The summed E-state index contributed by atoms with van der Waals surface area (Å²) in [6, 6.07) is 11.6. The molecule has 0 bridgehead atoms. The molecule has 2 aromatic rings. The molecule has 124 valence electrons. The van der Waals surface area contributed by atoms with Gasteiger partial charge >= 0.3 is 5.97 Å². The van der Waals surface area contributed by atoms with Crippen LogP contribution in [0.15, 0.2) is 42.5 Å². The first kappa shape index (κ1) is 16.3. The van der Waals surface area contributed by atoms with Gasteiger partial charge in [0, 0.05) is 12.1 Å². The number of amides is 1. The van der Waals surface area contributed by atoms with Crippen molar-refractivity contribution < 1.29 is 19.1 Å². The van der Waals surface area contributed by atoms with Gasteiger partial charge in [0.25, 0.3) is 5.91 Å². The van der Waals surface area contributed by atoms with Gasteiger partial charge in [-0.05, 0) is 23.8 Å². The summed E-state index contributed by atoms with van der Waals surface area (Å²) in [5.41, 5.74) is 1.82. The van der Waals surface area contributed by atoms with Gasteiger partial charge in [-0.25, -0.2) is 4.79 Å². The topological polar surface area (TPSA) is 55.8 Å². The normalized spacial score (nSPS) is 16.0. The average Bonchev–Trinajstić information content (AvgIpc) is 2.88. The maximum atomic E-state index is 12.8. The van der Waals surface area contributed by atoms with Crippen molar-refractivity contribution in [3.8, 4) is 5.75 Å². The van der Waals surface area contributed by atoms with Crippen molar-refractivity contribution in [3.63, 3.8) is 0 Å². The summed E-state index contributed by atoms with van der Waals surface area (Å²) in [5, 5.41) is 0.337. The Hall–Kier alpha value is -2.53. The van der Waals surface area contributed by atoms with E-state index in [9.17, 15) is 9.59 Å². The van der Waals surface area contributed by atoms with Crippen molar-refractivity contribution in [2.75, 3.05) is 14.2 Å². The predicted octanol–water partition coefficient (Wildman–Crippen LogP) is 3.22. The zero-order valence-electron chi connectivity index (χ0n) is 13.3. The smallest absolute Gasteiger partial charge is 0.333 e. The van der Waals surface area contributed by atoms with Crippen LogP contribution in [-0.4, -0.2) is 31.0 Å². The van der Waals surface area contributed by atoms with Gasteiger partial charge in [-0.2, -0.15) is 0 Å². The van der Waals surface area contributed by atoms with Crippen LogP contribution in [0.4, 0.5) is 0 Å². The van der Waals surface area contributed by atoms with Crippen LogP contribution >= 0.6 is 11.6 Å². The number of hydrogen-bond donors (Lipinski definition) is 0. The lowest BCUT2D eigenvalue weighted by molar-refractivity contribution is -0.146. The van der Waals surface area contributed by atoms with Crippen molar-refractivity contribution in [2.45, 2.75) is 12.6 Å². The van der Waals surface area contributed by atoms with Crippen LogP contribution in [-0.2, 0) is 16.1 Å². The van der Waals surface area contributed by atoms with E-state index < -0.39 is 12.0 Å². The Labute approximate surface area is 144 Å². The molecule has 1 aliphatic heterocycles. The van der Waals surface area contributed by atoms with E-state index in [4.69, 9.17) is 21.1 Å². The summed E-state index contributed by atoms with van der Waals surface area (Å²) in [5.74, 6) is -0.0398.